The number of fused-ring (bicyclic) bond motifs is 1. The molecular weight excluding hydrogens is 212 g/mol. The lowest BCUT2D eigenvalue weighted by Gasteiger charge is -2.21. The summed E-state index contributed by atoms with van der Waals surface area (Å²) in [4.78, 5) is 2.45. The van der Waals surface area contributed by atoms with E-state index in [9.17, 15) is 0 Å². The summed E-state index contributed by atoms with van der Waals surface area (Å²) < 4.78 is 5.19. The molecule has 0 amide bonds. The minimum atomic E-state index is 0.837. The van der Waals surface area contributed by atoms with Gasteiger partial charge in [-0.1, -0.05) is 6.42 Å². The number of rotatable bonds is 2. The Balaban J connectivity index is 1.81. The van der Waals surface area contributed by atoms with Crippen molar-refractivity contribution in [1.82, 2.24) is 0 Å². The molecule has 1 aliphatic carbocycles. The lowest BCUT2D eigenvalue weighted by molar-refractivity contribution is 0.415. The van der Waals surface area contributed by atoms with Gasteiger partial charge >= 0.3 is 0 Å². The van der Waals surface area contributed by atoms with Crippen LogP contribution >= 0.6 is 0 Å². The van der Waals surface area contributed by atoms with Gasteiger partial charge in [-0.2, -0.15) is 0 Å². The largest absolute Gasteiger partial charge is 0.497 e. The highest BCUT2D eigenvalue weighted by Crippen LogP contribution is 2.41. The maximum absolute atomic E-state index is 6.11. The molecule has 3 rings (SSSR count). The topological polar surface area (TPSA) is 38.5 Å². The monoisotopic (exact) mass is 232 g/mol. The van der Waals surface area contributed by atoms with Crippen molar-refractivity contribution in [2.24, 2.45) is 11.8 Å². The smallest absolute Gasteiger partial charge is 0.121 e. The lowest BCUT2D eigenvalue weighted by atomic mass is 10.0. The fourth-order valence-corrected chi connectivity index (χ4v) is 3.38. The first kappa shape index (κ1) is 10.8. The average molecular weight is 232 g/mol. The average Bonchev–Trinajstić information content (AvgIpc) is 2.89. The zero-order chi connectivity index (χ0) is 11.8. The highest BCUT2D eigenvalue weighted by atomic mass is 16.5. The summed E-state index contributed by atoms with van der Waals surface area (Å²) in [7, 11) is 1.68. The van der Waals surface area contributed by atoms with Crippen LogP contribution in [0.15, 0.2) is 18.2 Å². The number of hydrogen-bond donors (Lipinski definition) is 1. The third kappa shape index (κ3) is 1.84. The van der Waals surface area contributed by atoms with Crippen molar-refractivity contribution < 1.29 is 4.74 Å². The predicted molar refractivity (Wildman–Crippen MR) is 70.5 cm³/mol. The quantitative estimate of drug-likeness (QED) is 0.796. The summed E-state index contributed by atoms with van der Waals surface area (Å²) in [6.45, 7) is 2.36. The molecule has 3 nitrogen and oxygen atoms in total. The van der Waals surface area contributed by atoms with Crippen molar-refractivity contribution in [3.8, 4) is 5.75 Å². The molecule has 0 spiro atoms. The van der Waals surface area contributed by atoms with E-state index in [0.717, 1.165) is 23.3 Å². The molecule has 1 heterocycles. The Morgan fingerprint density at radius 1 is 1.24 bits per heavy atom. The van der Waals surface area contributed by atoms with Gasteiger partial charge in [-0.15, -0.1) is 0 Å². The Bertz CT molecular complexity index is 407. The molecule has 1 aromatic carbocycles. The van der Waals surface area contributed by atoms with E-state index in [1.165, 1.54) is 38.0 Å². The normalized spacial score (nSPS) is 27.2. The molecule has 2 N–H and O–H groups in total. The summed E-state index contributed by atoms with van der Waals surface area (Å²) in [6, 6.07) is 6.01. The van der Waals surface area contributed by atoms with Gasteiger partial charge < -0.3 is 15.4 Å². The fourth-order valence-electron chi connectivity index (χ4n) is 3.38. The van der Waals surface area contributed by atoms with E-state index in [1.807, 2.05) is 12.1 Å². The van der Waals surface area contributed by atoms with Crippen molar-refractivity contribution in [2.75, 3.05) is 30.8 Å². The predicted octanol–water partition coefficient (Wildman–Crippen LogP) is 2.51. The van der Waals surface area contributed by atoms with E-state index in [2.05, 4.69) is 11.0 Å². The minimum absolute atomic E-state index is 0.837. The number of methoxy groups -OCH3 is 1. The Kier molecular flexibility index (Phi) is 2.61. The molecule has 1 saturated carbocycles. The second-order valence-electron chi connectivity index (χ2n) is 5.28. The Morgan fingerprint density at radius 3 is 2.53 bits per heavy atom. The van der Waals surface area contributed by atoms with Crippen LogP contribution in [0.1, 0.15) is 19.3 Å². The Morgan fingerprint density at radius 2 is 1.94 bits per heavy atom. The summed E-state index contributed by atoms with van der Waals surface area (Å²) >= 11 is 0. The first-order valence-electron chi connectivity index (χ1n) is 6.46. The molecular formula is C14H20N2O. The first-order valence-corrected chi connectivity index (χ1v) is 6.46. The molecule has 17 heavy (non-hydrogen) atoms. The number of benzene rings is 1. The van der Waals surface area contributed by atoms with Gasteiger partial charge in [0.15, 0.2) is 0 Å². The van der Waals surface area contributed by atoms with E-state index in [-0.39, 0.29) is 0 Å². The number of ether oxygens (including phenoxy) is 1. The molecule has 92 valence electrons. The van der Waals surface area contributed by atoms with Crippen LogP contribution in [0, 0.1) is 11.8 Å². The van der Waals surface area contributed by atoms with E-state index < -0.39 is 0 Å². The van der Waals surface area contributed by atoms with Crippen LogP contribution in [0.5, 0.6) is 5.75 Å². The molecule has 1 aromatic rings. The van der Waals surface area contributed by atoms with Gasteiger partial charge in [0, 0.05) is 19.2 Å². The SMILES string of the molecule is COc1ccc(N2CC3CCCC3C2)c(N)c1. The number of nitrogens with two attached hydrogens (primary N) is 1. The number of nitrogen functional groups attached to an aromatic ring is 1. The minimum Gasteiger partial charge on any atom is -0.497 e. The van der Waals surface area contributed by atoms with Crippen molar-refractivity contribution in [3.63, 3.8) is 0 Å². The van der Waals surface area contributed by atoms with Crippen LogP contribution in [0.2, 0.25) is 0 Å². The molecule has 2 atom stereocenters. The van der Waals surface area contributed by atoms with Crippen LogP contribution in [-0.4, -0.2) is 20.2 Å². The van der Waals surface area contributed by atoms with Gasteiger partial charge in [0.25, 0.3) is 0 Å². The van der Waals surface area contributed by atoms with Crippen molar-refractivity contribution in [2.45, 2.75) is 19.3 Å². The van der Waals surface area contributed by atoms with Crippen molar-refractivity contribution in [1.29, 1.82) is 0 Å². The second kappa shape index (κ2) is 4.13. The number of hydrogen-bond acceptors (Lipinski definition) is 3. The van der Waals surface area contributed by atoms with E-state index in [4.69, 9.17) is 10.5 Å². The van der Waals surface area contributed by atoms with E-state index >= 15 is 0 Å². The second-order valence-corrected chi connectivity index (χ2v) is 5.28. The summed E-state index contributed by atoms with van der Waals surface area (Å²) in [5, 5.41) is 0. The van der Waals surface area contributed by atoms with Gasteiger partial charge in [0.05, 0.1) is 18.5 Å². The van der Waals surface area contributed by atoms with E-state index in [0.29, 0.717) is 0 Å². The number of anilines is 2. The molecule has 0 bridgehead atoms. The molecule has 2 aliphatic rings. The van der Waals surface area contributed by atoms with Crippen molar-refractivity contribution >= 4 is 11.4 Å². The van der Waals surface area contributed by atoms with Gasteiger partial charge in [-0.3, -0.25) is 0 Å². The molecule has 0 radical (unpaired) electrons. The molecule has 2 fully saturated rings. The standard InChI is InChI=1S/C14H20N2O/c1-17-12-5-6-14(13(15)7-12)16-8-10-3-2-4-11(10)9-16/h5-7,10-11H,2-4,8-9,15H2,1H3. The lowest BCUT2D eigenvalue weighted by Crippen LogP contribution is -2.21. The van der Waals surface area contributed by atoms with Gasteiger partial charge in [-0.05, 0) is 36.8 Å². The van der Waals surface area contributed by atoms with Crippen LogP contribution < -0.4 is 15.4 Å². The Hall–Kier alpha value is -1.38. The molecule has 0 aromatic heterocycles. The number of nitrogens with zero attached hydrogens (tertiary/aromatic N) is 1. The van der Waals surface area contributed by atoms with Crippen LogP contribution in [-0.2, 0) is 0 Å². The molecule has 3 heteroatoms. The van der Waals surface area contributed by atoms with Crippen LogP contribution in [0.3, 0.4) is 0 Å². The van der Waals surface area contributed by atoms with Gasteiger partial charge in [0.1, 0.15) is 5.75 Å². The van der Waals surface area contributed by atoms with Crippen molar-refractivity contribution in [3.05, 3.63) is 18.2 Å². The maximum Gasteiger partial charge on any atom is 0.121 e. The fraction of sp³-hybridized carbons (Fsp3) is 0.571. The molecule has 1 saturated heterocycles. The van der Waals surface area contributed by atoms with Crippen LogP contribution in [0.25, 0.3) is 0 Å². The first-order chi connectivity index (χ1) is 8.28. The van der Waals surface area contributed by atoms with Gasteiger partial charge in [0.2, 0.25) is 0 Å². The van der Waals surface area contributed by atoms with Gasteiger partial charge in [-0.25, -0.2) is 0 Å². The zero-order valence-electron chi connectivity index (χ0n) is 10.4. The van der Waals surface area contributed by atoms with Crippen LogP contribution in [0.4, 0.5) is 11.4 Å². The third-order valence-corrected chi connectivity index (χ3v) is 4.30. The third-order valence-electron chi connectivity index (χ3n) is 4.30. The maximum atomic E-state index is 6.11. The van der Waals surface area contributed by atoms with E-state index in [1.54, 1.807) is 7.11 Å². The highest BCUT2D eigenvalue weighted by Gasteiger charge is 2.36. The Labute approximate surface area is 103 Å². The molecule has 2 unspecified atom stereocenters. The summed E-state index contributed by atoms with van der Waals surface area (Å²) in [5.74, 6) is 2.64. The summed E-state index contributed by atoms with van der Waals surface area (Å²) in [5.41, 5.74) is 8.12. The highest BCUT2D eigenvalue weighted by molar-refractivity contribution is 5.70. The molecule has 1 aliphatic heterocycles. The zero-order valence-corrected chi connectivity index (χ0v) is 10.4. The summed E-state index contributed by atoms with van der Waals surface area (Å²) in [6.07, 6.45) is 4.22.